The summed E-state index contributed by atoms with van der Waals surface area (Å²) in [5, 5.41) is 18.7. The highest BCUT2D eigenvalue weighted by Gasteiger charge is 2.35. The van der Waals surface area contributed by atoms with Crippen LogP contribution in [-0.2, 0) is 6.18 Å². The number of nitriles is 1. The second kappa shape index (κ2) is 5.05. The van der Waals surface area contributed by atoms with Crippen molar-refractivity contribution in [1.29, 1.82) is 5.26 Å². The third-order valence-corrected chi connectivity index (χ3v) is 3.01. The molecule has 2 rings (SSSR count). The summed E-state index contributed by atoms with van der Waals surface area (Å²) in [7, 11) is 0. The molecule has 0 unspecified atom stereocenters. The van der Waals surface area contributed by atoms with Crippen LogP contribution < -0.4 is 0 Å². The number of halogens is 3. The van der Waals surface area contributed by atoms with Crippen molar-refractivity contribution in [3.05, 3.63) is 40.8 Å². The van der Waals surface area contributed by atoms with Crippen molar-refractivity contribution in [3.63, 3.8) is 0 Å². The number of rotatable bonds is 1. The number of benzene rings is 1. The van der Waals surface area contributed by atoms with E-state index in [0.29, 0.717) is 17.5 Å². The predicted octanol–water partition coefficient (Wildman–Crippen LogP) is 3.36. The fraction of sp³-hybridized carbons (Fsp3) is 0.214. The predicted molar refractivity (Wildman–Crippen MR) is 68.3 cm³/mol. The van der Waals surface area contributed by atoms with Gasteiger partial charge < -0.3 is 5.11 Å². The minimum Gasteiger partial charge on any atom is -0.507 e. The number of hydrogen-bond donors (Lipinski definition) is 1. The van der Waals surface area contributed by atoms with Gasteiger partial charge in [-0.1, -0.05) is 0 Å². The number of nitrogens with zero attached hydrogens (tertiary/aromatic N) is 3. The van der Waals surface area contributed by atoms with E-state index < -0.39 is 17.5 Å². The maximum Gasteiger partial charge on any atom is 0.420 e. The molecule has 0 spiro atoms. The zero-order valence-corrected chi connectivity index (χ0v) is 11.2. The van der Waals surface area contributed by atoms with Crippen LogP contribution in [0.25, 0.3) is 11.3 Å². The molecule has 108 valence electrons. The molecule has 0 amide bonds. The molecular formula is C14H10F3N3O. The average molecular weight is 293 g/mol. The first kappa shape index (κ1) is 14.8. The summed E-state index contributed by atoms with van der Waals surface area (Å²) in [6.45, 7) is 3.36. The quantitative estimate of drug-likeness (QED) is 0.875. The summed E-state index contributed by atoms with van der Waals surface area (Å²) >= 11 is 0. The van der Waals surface area contributed by atoms with Gasteiger partial charge in [0.05, 0.1) is 40.5 Å². The van der Waals surface area contributed by atoms with Gasteiger partial charge >= 0.3 is 6.18 Å². The number of aromatic hydroxyl groups is 1. The smallest absolute Gasteiger partial charge is 0.420 e. The molecule has 0 atom stereocenters. The lowest BCUT2D eigenvalue weighted by Gasteiger charge is -2.13. The number of aryl methyl sites for hydroxylation is 2. The summed E-state index contributed by atoms with van der Waals surface area (Å²) < 4.78 is 38.7. The lowest BCUT2D eigenvalue weighted by Crippen LogP contribution is -2.07. The van der Waals surface area contributed by atoms with Gasteiger partial charge in [0, 0.05) is 5.56 Å². The Morgan fingerprint density at radius 3 is 2.38 bits per heavy atom. The second-order valence-corrected chi connectivity index (χ2v) is 4.46. The van der Waals surface area contributed by atoms with E-state index in [-0.39, 0.29) is 16.8 Å². The van der Waals surface area contributed by atoms with Crippen molar-refractivity contribution in [3.8, 4) is 23.1 Å². The van der Waals surface area contributed by atoms with Gasteiger partial charge in [0.1, 0.15) is 5.75 Å². The third-order valence-electron chi connectivity index (χ3n) is 3.01. The van der Waals surface area contributed by atoms with Crippen LogP contribution in [0.1, 0.15) is 22.5 Å². The minimum atomic E-state index is -4.77. The Kier molecular flexibility index (Phi) is 3.56. The van der Waals surface area contributed by atoms with Gasteiger partial charge in [-0.25, -0.2) is 4.98 Å². The van der Waals surface area contributed by atoms with Crippen molar-refractivity contribution in [2.75, 3.05) is 0 Å². The summed E-state index contributed by atoms with van der Waals surface area (Å²) in [6.07, 6.45) is -3.50. The third kappa shape index (κ3) is 2.79. The van der Waals surface area contributed by atoms with E-state index >= 15 is 0 Å². The van der Waals surface area contributed by atoms with Crippen LogP contribution in [0.4, 0.5) is 13.2 Å². The lowest BCUT2D eigenvalue weighted by molar-refractivity contribution is -0.138. The SMILES string of the molecule is Cc1ncc(-c2cc(C#N)cc(C(F)(F)F)c2O)nc1C. The summed E-state index contributed by atoms with van der Waals surface area (Å²) in [5.41, 5.74) is -0.407. The Hall–Kier alpha value is -2.62. The normalized spacial score (nSPS) is 11.2. The van der Waals surface area contributed by atoms with Crippen molar-refractivity contribution in [2.45, 2.75) is 20.0 Å². The highest BCUT2D eigenvalue weighted by Crippen LogP contribution is 2.41. The summed E-state index contributed by atoms with van der Waals surface area (Å²) in [6, 6.07) is 3.40. The first-order valence-electron chi connectivity index (χ1n) is 5.89. The van der Waals surface area contributed by atoms with Gasteiger partial charge in [-0.2, -0.15) is 18.4 Å². The van der Waals surface area contributed by atoms with Gasteiger partial charge in [-0.15, -0.1) is 0 Å². The van der Waals surface area contributed by atoms with E-state index in [4.69, 9.17) is 5.26 Å². The number of phenols is 1. The van der Waals surface area contributed by atoms with Crippen LogP contribution >= 0.6 is 0 Å². The molecule has 2 aromatic rings. The number of aromatic nitrogens is 2. The monoisotopic (exact) mass is 293 g/mol. The topological polar surface area (TPSA) is 69.8 Å². The lowest BCUT2D eigenvalue weighted by atomic mass is 10.0. The molecule has 4 nitrogen and oxygen atoms in total. The van der Waals surface area contributed by atoms with Crippen LogP contribution in [-0.4, -0.2) is 15.1 Å². The summed E-state index contributed by atoms with van der Waals surface area (Å²) in [4.78, 5) is 8.11. The van der Waals surface area contributed by atoms with Crippen LogP contribution in [0.5, 0.6) is 5.75 Å². The van der Waals surface area contributed by atoms with E-state index in [1.807, 2.05) is 0 Å². The zero-order valence-electron chi connectivity index (χ0n) is 11.2. The van der Waals surface area contributed by atoms with Gasteiger partial charge in [0.2, 0.25) is 0 Å². The van der Waals surface area contributed by atoms with Gasteiger partial charge in [0.25, 0.3) is 0 Å². The molecule has 1 aromatic carbocycles. The fourth-order valence-electron chi connectivity index (χ4n) is 1.78. The Morgan fingerprint density at radius 2 is 1.86 bits per heavy atom. The highest BCUT2D eigenvalue weighted by molar-refractivity contribution is 5.71. The molecule has 1 heterocycles. The molecule has 7 heteroatoms. The van der Waals surface area contributed by atoms with Crippen molar-refractivity contribution < 1.29 is 18.3 Å². The van der Waals surface area contributed by atoms with E-state index in [2.05, 4.69) is 9.97 Å². The van der Waals surface area contributed by atoms with Gasteiger partial charge in [-0.3, -0.25) is 4.98 Å². The van der Waals surface area contributed by atoms with E-state index in [9.17, 15) is 18.3 Å². The van der Waals surface area contributed by atoms with E-state index in [0.717, 1.165) is 6.07 Å². The standard InChI is InChI=1S/C14H10F3N3O/c1-7-8(2)20-12(6-19-7)10-3-9(5-18)4-11(13(10)21)14(15,16)17/h3-4,6,21H,1-2H3. The molecule has 21 heavy (non-hydrogen) atoms. The van der Waals surface area contributed by atoms with E-state index in [1.165, 1.54) is 6.20 Å². The van der Waals surface area contributed by atoms with Crippen LogP contribution in [0, 0.1) is 25.2 Å². The molecule has 0 fully saturated rings. The molecule has 1 aromatic heterocycles. The molecule has 0 aliphatic carbocycles. The van der Waals surface area contributed by atoms with Gasteiger partial charge in [0.15, 0.2) is 0 Å². The minimum absolute atomic E-state index is 0.0817. The van der Waals surface area contributed by atoms with Gasteiger partial charge in [-0.05, 0) is 26.0 Å². The first-order valence-corrected chi connectivity index (χ1v) is 5.89. The molecule has 0 saturated carbocycles. The Balaban J connectivity index is 2.74. The maximum atomic E-state index is 12.9. The fourth-order valence-corrected chi connectivity index (χ4v) is 1.78. The zero-order chi connectivity index (χ0) is 15.8. The van der Waals surface area contributed by atoms with Crippen LogP contribution in [0.3, 0.4) is 0 Å². The molecule has 0 radical (unpaired) electrons. The summed E-state index contributed by atoms with van der Waals surface area (Å²) in [5.74, 6) is -0.959. The maximum absolute atomic E-state index is 12.9. The van der Waals surface area contributed by atoms with Crippen LogP contribution in [0.2, 0.25) is 0 Å². The molecule has 1 N–H and O–H groups in total. The molecular weight excluding hydrogens is 283 g/mol. The Bertz CT molecular complexity index is 748. The molecule has 0 aliphatic rings. The Morgan fingerprint density at radius 1 is 1.19 bits per heavy atom. The van der Waals surface area contributed by atoms with Crippen LogP contribution in [0.15, 0.2) is 18.3 Å². The largest absolute Gasteiger partial charge is 0.507 e. The van der Waals surface area contributed by atoms with Crippen molar-refractivity contribution in [2.24, 2.45) is 0 Å². The number of phenolic OH excluding ortho intramolecular Hbond substituents is 1. The van der Waals surface area contributed by atoms with Crippen molar-refractivity contribution >= 4 is 0 Å². The first-order chi connectivity index (χ1) is 9.74. The highest BCUT2D eigenvalue weighted by atomic mass is 19.4. The molecule has 0 bridgehead atoms. The number of alkyl halides is 3. The molecule has 0 saturated heterocycles. The van der Waals surface area contributed by atoms with E-state index in [1.54, 1.807) is 19.9 Å². The second-order valence-electron chi connectivity index (χ2n) is 4.46. The number of hydrogen-bond acceptors (Lipinski definition) is 4. The van der Waals surface area contributed by atoms with Crippen molar-refractivity contribution in [1.82, 2.24) is 9.97 Å². The molecule has 0 aliphatic heterocycles. The Labute approximate surface area is 118 Å². The average Bonchev–Trinajstić information content (AvgIpc) is 2.41.